The Morgan fingerprint density at radius 2 is 1.84 bits per heavy atom. The van der Waals surface area contributed by atoms with E-state index in [1.165, 1.54) is 24.3 Å². The number of primary amides is 1. The van der Waals surface area contributed by atoms with Crippen LogP contribution in [0.3, 0.4) is 0 Å². The molecule has 1 aliphatic carbocycles. The maximum Gasteiger partial charge on any atom is 0.315 e. The Morgan fingerprint density at radius 1 is 1.12 bits per heavy atom. The lowest BCUT2D eigenvalue weighted by Crippen LogP contribution is -2.53. The SMILES string of the molecule is CC(C)c1ccc2c(c1)OC1(O)c3ccc(N)cc3C(=O)C21c1ccc[n+]([O-])c1C(N)=O. The highest BCUT2D eigenvalue weighted by Crippen LogP contribution is 2.63. The van der Waals surface area contributed by atoms with E-state index in [4.69, 9.17) is 16.2 Å². The number of hydrogen-bond donors (Lipinski definition) is 3. The Morgan fingerprint density at radius 3 is 2.53 bits per heavy atom. The first-order valence-corrected chi connectivity index (χ1v) is 10.2. The summed E-state index contributed by atoms with van der Waals surface area (Å²) >= 11 is 0. The van der Waals surface area contributed by atoms with Gasteiger partial charge in [-0.3, -0.25) is 9.59 Å². The van der Waals surface area contributed by atoms with Crippen LogP contribution < -0.4 is 20.9 Å². The number of amides is 1. The number of nitrogen functional groups attached to an aromatic ring is 1. The summed E-state index contributed by atoms with van der Waals surface area (Å²) in [5.74, 6) is -3.30. The van der Waals surface area contributed by atoms with Crippen LogP contribution in [0.25, 0.3) is 0 Å². The van der Waals surface area contributed by atoms with Gasteiger partial charge in [0.1, 0.15) is 5.75 Å². The van der Waals surface area contributed by atoms with Crippen LogP contribution in [0, 0.1) is 5.21 Å². The van der Waals surface area contributed by atoms with E-state index >= 15 is 0 Å². The van der Waals surface area contributed by atoms with Crippen molar-refractivity contribution < 1.29 is 24.2 Å². The number of ether oxygens (including phenoxy) is 1. The maximum atomic E-state index is 14.1. The van der Waals surface area contributed by atoms with Gasteiger partial charge in [0.2, 0.25) is 0 Å². The first-order chi connectivity index (χ1) is 15.1. The largest absolute Gasteiger partial charge is 0.618 e. The fraction of sp³-hybridized carbons (Fsp3) is 0.208. The number of nitrogens with zero attached hydrogens (tertiary/aromatic N) is 1. The minimum absolute atomic E-state index is 0.0270. The second-order valence-electron chi connectivity index (χ2n) is 8.50. The van der Waals surface area contributed by atoms with Crippen LogP contribution in [0.5, 0.6) is 5.75 Å². The third-order valence-electron chi connectivity index (χ3n) is 6.43. The number of fused-ring (bicyclic) bond motifs is 5. The molecule has 2 aromatic carbocycles. The fourth-order valence-corrected chi connectivity index (χ4v) is 4.97. The third kappa shape index (κ3) is 2.22. The predicted octanol–water partition coefficient (Wildman–Crippen LogP) is 1.84. The van der Waals surface area contributed by atoms with Crippen molar-refractivity contribution in [3.8, 4) is 5.75 Å². The van der Waals surface area contributed by atoms with Crippen LogP contribution >= 0.6 is 0 Å². The first kappa shape index (κ1) is 20.0. The number of Topliss-reactive ketones (excluding diaryl/α,β-unsaturated/α-hetero) is 1. The summed E-state index contributed by atoms with van der Waals surface area (Å²) in [6.45, 7) is 4.02. The average Bonchev–Trinajstić information content (AvgIpc) is 3.10. The molecule has 0 fully saturated rings. The lowest BCUT2D eigenvalue weighted by Gasteiger charge is -2.34. The van der Waals surface area contributed by atoms with Gasteiger partial charge < -0.3 is 26.5 Å². The van der Waals surface area contributed by atoms with Gasteiger partial charge in [-0.2, -0.15) is 4.73 Å². The van der Waals surface area contributed by atoms with E-state index in [1.807, 2.05) is 19.9 Å². The van der Waals surface area contributed by atoms with Crippen molar-refractivity contribution in [3.05, 3.63) is 93.4 Å². The van der Waals surface area contributed by atoms with Crippen molar-refractivity contribution in [2.75, 3.05) is 5.73 Å². The van der Waals surface area contributed by atoms with Gasteiger partial charge in [0.05, 0.1) is 5.56 Å². The topological polar surface area (TPSA) is 143 Å². The number of rotatable bonds is 3. The molecule has 5 N–H and O–H groups in total. The standard InChI is InChI=1S/C24H21N3O5/c1-12(2)13-5-7-17-19(10-13)32-24(30)16-8-6-14(25)11-15(16)21(28)23(17,24)18-4-3-9-27(31)20(18)22(26)29/h3-12,30H,25H2,1-2H3,(H2,26,29). The number of carbonyl (C=O) groups excluding carboxylic acids is 2. The highest BCUT2D eigenvalue weighted by atomic mass is 16.6. The molecule has 8 heteroatoms. The van der Waals surface area contributed by atoms with E-state index in [2.05, 4.69) is 0 Å². The Kier molecular flexibility index (Phi) is 3.94. The zero-order valence-corrected chi connectivity index (χ0v) is 17.5. The number of aromatic nitrogens is 1. The van der Waals surface area contributed by atoms with Crippen LogP contribution in [-0.4, -0.2) is 16.8 Å². The molecule has 0 bridgehead atoms. The summed E-state index contributed by atoms with van der Waals surface area (Å²) in [6.07, 6.45) is 1.11. The van der Waals surface area contributed by atoms with Crippen LogP contribution in [0.15, 0.2) is 54.7 Å². The Balaban J connectivity index is 1.93. The van der Waals surface area contributed by atoms with E-state index in [0.717, 1.165) is 11.8 Å². The Labute approximate surface area is 183 Å². The molecule has 0 radical (unpaired) electrons. The van der Waals surface area contributed by atoms with Gasteiger partial charge in [-0.1, -0.05) is 26.0 Å². The molecule has 0 saturated heterocycles. The van der Waals surface area contributed by atoms with Gasteiger partial charge >= 0.3 is 5.91 Å². The Hall–Kier alpha value is -3.91. The second-order valence-corrected chi connectivity index (χ2v) is 8.50. The summed E-state index contributed by atoms with van der Waals surface area (Å²) in [7, 11) is 0. The molecule has 162 valence electrons. The second kappa shape index (κ2) is 6.30. The van der Waals surface area contributed by atoms with Gasteiger partial charge in [-0.15, -0.1) is 0 Å². The molecule has 2 unspecified atom stereocenters. The van der Waals surface area contributed by atoms with E-state index in [-0.39, 0.29) is 22.6 Å². The fourth-order valence-electron chi connectivity index (χ4n) is 4.97. The van der Waals surface area contributed by atoms with Crippen molar-refractivity contribution in [1.29, 1.82) is 0 Å². The number of hydrogen-bond acceptors (Lipinski definition) is 6. The number of nitrogens with two attached hydrogens (primary N) is 2. The number of anilines is 1. The van der Waals surface area contributed by atoms with Gasteiger partial charge in [-0.05, 0) is 41.8 Å². The molecule has 2 heterocycles. The highest BCUT2D eigenvalue weighted by Gasteiger charge is 2.73. The first-order valence-electron chi connectivity index (χ1n) is 10.2. The lowest BCUT2D eigenvalue weighted by atomic mass is 9.68. The highest BCUT2D eigenvalue weighted by molar-refractivity contribution is 6.14. The number of aliphatic hydroxyl groups is 1. The summed E-state index contributed by atoms with van der Waals surface area (Å²) in [5.41, 5.74) is 11.1. The van der Waals surface area contributed by atoms with E-state index < -0.39 is 28.6 Å². The molecule has 0 saturated carbocycles. The number of benzene rings is 2. The molecule has 3 aromatic rings. The molecule has 1 aliphatic heterocycles. The van der Waals surface area contributed by atoms with Crippen LogP contribution in [0.2, 0.25) is 0 Å². The molecule has 5 rings (SSSR count). The van der Waals surface area contributed by atoms with Gasteiger partial charge in [0, 0.05) is 28.4 Å². The van der Waals surface area contributed by atoms with E-state index in [0.29, 0.717) is 21.7 Å². The third-order valence-corrected chi connectivity index (χ3v) is 6.43. The smallest absolute Gasteiger partial charge is 0.315 e. The summed E-state index contributed by atoms with van der Waals surface area (Å²) in [4.78, 5) is 26.4. The molecule has 2 atom stereocenters. The maximum absolute atomic E-state index is 14.1. The molecule has 0 spiro atoms. The van der Waals surface area contributed by atoms with Crippen molar-refractivity contribution in [3.63, 3.8) is 0 Å². The minimum Gasteiger partial charge on any atom is -0.618 e. The lowest BCUT2D eigenvalue weighted by molar-refractivity contribution is -0.608. The summed E-state index contributed by atoms with van der Waals surface area (Å²) in [6, 6.07) is 12.7. The molecule has 1 amide bonds. The van der Waals surface area contributed by atoms with Crippen LogP contribution in [0.4, 0.5) is 5.69 Å². The van der Waals surface area contributed by atoms with Crippen molar-refractivity contribution in [2.24, 2.45) is 5.73 Å². The molecule has 8 nitrogen and oxygen atoms in total. The van der Waals surface area contributed by atoms with Crippen molar-refractivity contribution in [1.82, 2.24) is 0 Å². The van der Waals surface area contributed by atoms with Gasteiger partial charge in [0.25, 0.3) is 11.5 Å². The molecule has 32 heavy (non-hydrogen) atoms. The van der Waals surface area contributed by atoms with E-state index in [1.54, 1.807) is 18.2 Å². The van der Waals surface area contributed by atoms with Crippen LogP contribution in [-0.2, 0) is 11.2 Å². The number of ketones is 1. The van der Waals surface area contributed by atoms with Gasteiger partial charge in [0.15, 0.2) is 17.4 Å². The molecular formula is C24H21N3O5. The zero-order chi connectivity index (χ0) is 23.0. The average molecular weight is 431 g/mol. The molecule has 1 aromatic heterocycles. The zero-order valence-electron chi connectivity index (χ0n) is 17.5. The molecule has 2 aliphatic rings. The summed E-state index contributed by atoms with van der Waals surface area (Å²) in [5, 5.41) is 24.6. The van der Waals surface area contributed by atoms with Gasteiger partial charge in [-0.25, -0.2) is 0 Å². The Bertz CT molecular complexity index is 1340. The number of carbonyl (C=O) groups is 2. The summed E-state index contributed by atoms with van der Waals surface area (Å²) < 4.78 is 6.41. The normalized spacial score (nSPS) is 22.9. The minimum atomic E-state index is -2.20. The van der Waals surface area contributed by atoms with Crippen LogP contribution in [0.1, 0.15) is 62.9 Å². The number of pyridine rings is 1. The van der Waals surface area contributed by atoms with E-state index in [9.17, 15) is 19.9 Å². The van der Waals surface area contributed by atoms with Crippen molar-refractivity contribution in [2.45, 2.75) is 31.0 Å². The quantitative estimate of drug-likeness (QED) is 0.328. The monoisotopic (exact) mass is 431 g/mol. The van der Waals surface area contributed by atoms with Crippen molar-refractivity contribution >= 4 is 17.4 Å². The molecular weight excluding hydrogens is 410 g/mol. The predicted molar refractivity (Wildman–Crippen MR) is 115 cm³/mol.